The number of likely N-dealkylation sites (tertiary alicyclic amines) is 1. The minimum absolute atomic E-state index is 0.0697. The summed E-state index contributed by atoms with van der Waals surface area (Å²) in [5.41, 5.74) is 0.691. The summed E-state index contributed by atoms with van der Waals surface area (Å²) in [6, 6.07) is 4.95. The number of hydrogen-bond acceptors (Lipinski definition) is 3. The van der Waals surface area contributed by atoms with E-state index in [1.54, 1.807) is 12.1 Å². The van der Waals surface area contributed by atoms with Gasteiger partial charge in [0.1, 0.15) is 0 Å². The first-order chi connectivity index (χ1) is 10.3. The number of hydrogen-bond donors (Lipinski definition) is 1. The molecule has 7 heteroatoms. The number of amides is 1. The number of rotatable bonds is 4. The third-order valence-electron chi connectivity index (χ3n) is 3.87. The fraction of sp³-hybridized carbons (Fsp3) is 0.533. The van der Waals surface area contributed by atoms with Crippen molar-refractivity contribution in [1.29, 1.82) is 0 Å². The largest absolute Gasteiger partial charge is 0.336 e. The van der Waals surface area contributed by atoms with E-state index in [-0.39, 0.29) is 22.7 Å². The molecule has 0 saturated carbocycles. The predicted molar refractivity (Wildman–Crippen MR) is 88.9 cm³/mol. The second-order valence-electron chi connectivity index (χ2n) is 5.63. The van der Waals surface area contributed by atoms with Crippen LogP contribution in [0.5, 0.6) is 0 Å². The van der Waals surface area contributed by atoms with Gasteiger partial charge < -0.3 is 4.90 Å². The van der Waals surface area contributed by atoms with E-state index < -0.39 is 10.0 Å². The highest BCUT2D eigenvalue weighted by Gasteiger charge is 2.26. The SMILES string of the molecule is CC[C@H]1CCCCN1C(=O)c1ccc(Cl)c(NS(C)(=O)=O)c1. The normalized spacial score (nSPS) is 19.0. The van der Waals surface area contributed by atoms with E-state index in [4.69, 9.17) is 11.6 Å². The molecule has 122 valence electrons. The van der Waals surface area contributed by atoms with E-state index in [9.17, 15) is 13.2 Å². The number of carbonyl (C=O) groups excluding carboxylic acids is 1. The molecule has 0 unspecified atom stereocenters. The number of nitrogens with zero attached hydrogens (tertiary/aromatic N) is 1. The Morgan fingerprint density at radius 3 is 2.77 bits per heavy atom. The molecule has 1 aromatic rings. The van der Waals surface area contributed by atoms with Gasteiger partial charge in [0.05, 0.1) is 17.0 Å². The van der Waals surface area contributed by atoms with Crippen LogP contribution in [-0.2, 0) is 10.0 Å². The fourth-order valence-corrected chi connectivity index (χ4v) is 3.58. The van der Waals surface area contributed by atoms with Crippen molar-refractivity contribution in [3.8, 4) is 0 Å². The molecule has 1 saturated heterocycles. The van der Waals surface area contributed by atoms with Crippen molar-refractivity contribution < 1.29 is 13.2 Å². The van der Waals surface area contributed by atoms with Crippen LogP contribution in [-0.4, -0.2) is 38.1 Å². The van der Waals surface area contributed by atoms with Gasteiger partial charge in [0, 0.05) is 18.2 Å². The van der Waals surface area contributed by atoms with Gasteiger partial charge in [-0.25, -0.2) is 8.42 Å². The third kappa shape index (κ3) is 4.14. The van der Waals surface area contributed by atoms with E-state index in [2.05, 4.69) is 11.6 Å². The standard InChI is InChI=1S/C15H21ClN2O3S/c1-3-12-6-4-5-9-18(12)15(19)11-7-8-13(16)14(10-11)17-22(2,20)21/h7-8,10,12,17H,3-6,9H2,1-2H3/t12-/m0/s1. The van der Waals surface area contributed by atoms with Crippen LogP contribution < -0.4 is 4.72 Å². The van der Waals surface area contributed by atoms with Crippen molar-refractivity contribution in [2.24, 2.45) is 0 Å². The highest BCUT2D eigenvalue weighted by molar-refractivity contribution is 7.92. The fourth-order valence-electron chi connectivity index (χ4n) is 2.79. The number of sulfonamides is 1. The molecule has 2 rings (SSSR count). The first-order valence-corrected chi connectivity index (χ1v) is 9.67. The maximum absolute atomic E-state index is 12.7. The summed E-state index contributed by atoms with van der Waals surface area (Å²) in [7, 11) is -3.44. The Balaban J connectivity index is 2.28. The van der Waals surface area contributed by atoms with Gasteiger partial charge in [-0.1, -0.05) is 18.5 Å². The summed E-state index contributed by atoms with van der Waals surface area (Å²) >= 11 is 6.00. The van der Waals surface area contributed by atoms with Gasteiger partial charge in [-0.05, 0) is 43.9 Å². The van der Waals surface area contributed by atoms with Crippen LogP contribution in [0.25, 0.3) is 0 Å². The zero-order valence-corrected chi connectivity index (χ0v) is 14.4. The predicted octanol–water partition coefficient (Wildman–Crippen LogP) is 3.12. The van der Waals surface area contributed by atoms with Crippen molar-refractivity contribution in [2.45, 2.75) is 38.6 Å². The average molecular weight is 345 g/mol. The first-order valence-electron chi connectivity index (χ1n) is 7.40. The summed E-state index contributed by atoms with van der Waals surface area (Å²) in [6.45, 7) is 2.82. The average Bonchev–Trinajstić information content (AvgIpc) is 2.47. The lowest BCUT2D eigenvalue weighted by Crippen LogP contribution is -2.43. The van der Waals surface area contributed by atoms with Gasteiger partial charge in [0.15, 0.2) is 0 Å². The molecule has 1 aromatic carbocycles. The van der Waals surface area contributed by atoms with E-state index in [0.29, 0.717) is 5.56 Å². The van der Waals surface area contributed by atoms with Crippen LogP contribution in [0.2, 0.25) is 5.02 Å². The number of halogens is 1. The third-order valence-corrected chi connectivity index (χ3v) is 4.79. The Kier molecular flexibility index (Phi) is 5.34. The van der Waals surface area contributed by atoms with Gasteiger partial charge >= 0.3 is 0 Å². The second-order valence-corrected chi connectivity index (χ2v) is 7.78. The van der Waals surface area contributed by atoms with Crippen LogP contribution in [0, 0.1) is 0 Å². The lowest BCUT2D eigenvalue weighted by molar-refractivity contribution is 0.0608. The molecule has 1 amide bonds. The van der Waals surface area contributed by atoms with Crippen LogP contribution in [0.15, 0.2) is 18.2 Å². The van der Waals surface area contributed by atoms with Crippen LogP contribution >= 0.6 is 11.6 Å². The van der Waals surface area contributed by atoms with Crippen molar-refractivity contribution in [3.63, 3.8) is 0 Å². The Bertz CT molecular complexity index is 661. The molecular formula is C15H21ClN2O3S. The summed E-state index contributed by atoms with van der Waals surface area (Å²) in [5, 5.41) is 0.271. The van der Waals surface area contributed by atoms with E-state index >= 15 is 0 Å². The minimum atomic E-state index is -3.44. The monoisotopic (exact) mass is 344 g/mol. The minimum Gasteiger partial charge on any atom is -0.336 e. The molecule has 1 atom stereocenters. The zero-order chi connectivity index (χ0) is 16.3. The summed E-state index contributed by atoms with van der Waals surface area (Å²) < 4.78 is 25.1. The Morgan fingerprint density at radius 2 is 2.14 bits per heavy atom. The number of carbonyl (C=O) groups is 1. The molecule has 1 aliphatic rings. The lowest BCUT2D eigenvalue weighted by atomic mass is 9.99. The molecule has 5 nitrogen and oxygen atoms in total. The molecule has 0 aliphatic carbocycles. The van der Waals surface area contributed by atoms with E-state index in [0.717, 1.165) is 38.5 Å². The van der Waals surface area contributed by atoms with Gasteiger partial charge in [0.25, 0.3) is 5.91 Å². The van der Waals surface area contributed by atoms with Crippen LogP contribution in [0.3, 0.4) is 0 Å². The molecule has 1 aliphatic heterocycles. The first kappa shape index (κ1) is 17.1. The van der Waals surface area contributed by atoms with E-state index in [1.807, 2.05) is 4.90 Å². The van der Waals surface area contributed by atoms with Gasteiger partial charge in [-0.15, -0.1) is 0 Å². The molecule has 1 heterocycles. The molecule has 0 spiro atoms. The van der Waals surface area contributed by atoms with Crippen LogP contribution in [0.1, 0.15) is 43.0 Å². The number of anilines is 1. The van der Waals surface area contributed by atoms with Gasteiger partial charge in [-0.2, -0.15) is 0 Å². The Morgan fingerprint density at radius 1 is 1.41 bits per heavy atom. The lowest BCUT2D eigenvalue weighted by Gasteiger charge is -2.35. The molecule has 0 radical (unpaired) electrons. The van der Waals surface area contributed by atoms with Gasteiger partial charge in [-0.3, -0.25) is 9.52 Å². The summed E-state index contributed by atoms with van der Waals surface area (Å²) in [4.78, 5) is 14.6. The molecule has 0 aromatic heterocycles. The highest BCUT2D eigenvalue weighted by Crippen LogP contribution is 2.27. The maximum Gasteiger partial charge on any atom is 0.254 e. The number of piperidine rings is 1. The summed E-state index contributed by atoms with van der Waals surface area (Å²) in [6.07, 6.45) is 5.14. The Hall–Kier alpha value is -1.27. The quantitative estimate of drug-likeness (QED) is 0.912. The highest BCUT2D eigenvalue weighted by atomic mass is 35.5. The summed E-state index contributed by atoms with van der Waals surface area (Å²) in [5.74, 6) is -0.0697. The smallest absolute Gasteiger partial charge is 0.254 e. The Labute approximate surface area is 136 Å². The maximum atomic E-state index is 12.7. The molecule has 1 N–H and O–H groups in total. The van der Waals surface area contributed by atoms with Crippen LogP contribution in [0.4, 0.5) is 5.69 Å². The van der Waals surface area contributed by atoms with Crippen molar-refractivity contribution in [3.05, 3.63) is 28.8 Å². The molecular weight excluding hydrogens is 324 g/mol. The van der Waals surface area contributed by atoms with Crippen molar-refractivity contribution >= 4 is 33.2 Å². The van der Waals surface area contributed by atoms with Crippen molar-refractivity contribution in [2.75, 3.05) is 17.5 Å². The number of nitrogens with one attached hydrogen (secondary N) is 1. The number of benzene rings is 1. The van der Waals surface area contributed by atoms with Crippen molar-refractivity contribution in [1.82, 2.24) is 4.90 Å². The van der Waals surface area contributed by atoms with E-state index in [1.165, 1.54) is 6.07 Å². The van der Waals surface area contributed by atoms with Gasteiger partial charge in [0.2, 0.25) is 10.0 Å². The zero-order valence-electron chi connectivity index (χ0n) is 12.8. The molecule has 1 fully saturated rings. The second kappa shape index (κ2) is 6.87. The molecule has 22 heavy (non-hydrogen) atoms. The topological polar surface area (TPSA) is 66.5 Å². The molecule has 0 bridgehead atoms.